The number of halogens is 2. The Kier molecular flexibility index (Phi) is 3.79. The third-order valence-corrected chi connectivity index (χ3v) is 3.75. The standard InChI is InChI=1S/C15H16F2N4O/c1-20-6-3-7-21-13(20)8-12(19-15(21)22)18-9-10-4-2-5-11(16)14(10)17/h2,4-5,8H,3,6-7,9H2,1H3,(H,18,19,22). The normalized spacial score (nSPS) is 13.9. The van der Waals surface area contributed by atoms with E-state index >= 15 is 0 Å². The van der Waals surface area contributed by atoms with Crippen LogP contribution >= 0.6 is 0 Å². The van der Waals surface area contributed by atoms with Crippen LogP contribution in [-0.4, -0.2) is 23.1 Å². The van der Waals surface area contributed by atoms with Gasteiger partial charge in [0.05, 0.1) is 0 Å². The molecule has 0 radical (unpaired) electrons. The van der Waals surface area contributed by atoms with Crippen molar-refractivity contribution in [2.45, 2.75) is 19.5 Å². The molecule has 0 spiro atoms. The summed E-state index contributed by atoms with van der Waals surface area (Å²) in [6, 6.07) is 5.75. The number of fused-ring (bicyclic) bond motifs is 1. The lowest BCUT2D eigenvalue weighted by Gasteiger charge is -2.28. The molecule has 7 heteroatoms. The number of hydrogen-bond donors (Lipinski definition) is 1. The Balaban J connectivity index is 1.84. The maximum absolute atomic E-state index is 13.6. The zero-order valence-electron chi connectivity index (χ0n) is 12.1. The van der Waals surface area contributed by atoms with Gasteiger partial charge in [-0.25, -0.2) is 13.6 Å². The zero-order valence-corrected chi connectivity index (χ0v) is 12.1. The minimum atomic E-state index is -0.891. The summed E-state index contributed by atoms with van der Waals surface area (Å²) in [5.41, 5.74) is -0.153. The van der Waals surface area contributed by atoms with E-state index in [2.05, 4.69) is 10.3 Å². The molecular weight excluding hydrogens is 290 g/mol. The van der Waals surface area contributed by atoms with Crippen LogP contribution in [0.2, 0.25) is 0 Å². The van der Waals surface area contributed by atoms with Crippen LogP contribution in [0.1, 0.15) is 12.0 Å². The molecule has 1 aliphatic rings. The largest absolute Gasteiger partial charge is 0.366 e. The van der Waals surface area contributed by atoms with Crippen molar-refractivity contribution in [2.24, 2.45) is 0 Å². The van der Waals surface area contributed by atoms with Gasteiger partial charge in [-0.05, 0) is 12.5 Å². The monoisotopic (exact) mass is 306 g/mol. The summed E-state index contributed by atoms with van der Waals surface area (Å²) < 4.78 is 28.4. The third-order valence-electron chi connectivity index (χ3n) is 3.75. The first-order valence-electron chi connectivity index (χ1n) is 7.06. The Hall–Kier alpha value is -2.44. The van der Waals surface area contributed by atoms with Crippen molar-refractivity contribution < 1.29 is 8.78 Å². The predicted molar refractivity (Wildman–Crippen MR) is 80.1 cm³/mol. The van der Waals surface area contributed by atoms with Crippen LogP contribution in [0.15, 0.2) is 29.1 Å². The predicted octanol–water partition coefficient (Wildman–Crippen LogP) is 1.97. The van der Waals surface area contributed by atoms with Crippen molar-refractivity contribution in [3.8, 4) is 0 Å². The number of hydrogen-bond acceptors (Lipinski definition) is 4. The summed E-state index contributed by atoms with van der Waals surface area (Å²) in [6.45, 7) is 1.56. The average Bonchev–Trinajstić information content (AvgIpc) is 2.50. The van der Waals surface area contributed by atoms with Gasteiger partial charge in [0.1, 0.15) is 11.6 Å². The van der Waals surface area contributed by atoms with Gasteiger partial charge in [0.15, 0.2) is 11.6 Å². The van der Waals surface area contributed by atoms with Crippen LogP contribution in [0.3, 0.4) is 0 Å². The number of rotatable bonds is 3. The highest BCUT2D eigenvalue weighted by atomic mass is 19.2. The zero-order chi connectivity index (χ0) is 15.7. The van der Waals surface area contributed by atoms with Crippen LogP contribution in [0.4, 0.5) is 20.4 Å². The molecule has 2 heterocycles. The minimum absolute atomic E-state index is 0.0587. The lowest BCUT2D eigenvalue weighted by Crippen LogP contribution is -2.36. The smallest absolute Gasteiger partial charge is 0.351 e. The molecule has 2 aromatic rings. The molecule has 0 bridgehead atoms. The Bertz CT molecular complexity index is 760. The van der Waals surface area contributed by atoms with Crippen LogP contribution in [0.5, 0.6) is 0 Å². The molecular formula is C15H16F2N4O. The summed E-state index contributed by atoms with van der Waals surface area (Å²) >= 11 is 0. The number of anilines is 2. The molecule has 1 aromatic carbocycles. The lowest BCUT2D eigenvalue weighted by molar-refractivity contribution is 0.500. The van der Waals surface area contributed by atoms with E-state index in [-0.39, 0.29) is 17.8 Å². The number of benzene rings is 1. The fraction of sp³-hybridized carbons (Fsp3) is 0.333. The quantitative estimate of drug-likeness (QED) is 0.942. The maximum atomic E-state index is 13.6. The van der Waals surface area contributed by atoms with Gasteiger partial charge in [-0.1, -0.05) is 12.1 Å². The molecule has 1 aromatic heterocycles. The summed E-state index contributed by atoms with van der Waals surface area (Å²) in [5, 5.41) is 2.88. The first kappa shape index (κ1) is 14.5. The summed E-state index contributed by atoms with van der Waals surface area (Å²) in [5.74, 6) is -0.651. The first-order valence-corrected chi connectivity index (χ1v) is 7.06. The summed E-state index contributed by atoms with van der Waals surface area (Å²) in [4.78, 5) is 17.9. The van der Waals surface area contributed by atoms with E-state index in [1.807, 2.05) is 11.9 Å². The van der Waals surface area contributed by atoms with E-state index in [4.69, 9.17) is 0 Å². The number of nitrogens with one attached hydrogen (secondary N) is 1. The average molecular weight is 306 g/mol. The second kappa shape index (κ2) is 5.75. The Labute approximate surface area is 126 Å². The fourth-order valence-electron chi connectivity index (χ4n) is 2.56. The van der Waals surface area contributed by atoms with Crippen molar-refractivity contribution in [1.29, 1.82) is 0 Å². The maximum Gasteiger partial charge on any atom is 0.351 e. The highest BCUT2D eigenvalue weighted by molar-refractivity contribution is 5.50. The second-order valence-corrected chi connectivity index (χ2v) is 5.28. The highest BCUT2D eigenvalue weighted by Gasteiger charge is 2.16. The van der Waals surface area contributed by atoms with Gasteiger partial charge < -0.3 is 10.2 Å². The molecule has 0 aliphatic carbocycles. The second-order valence-electron chi connectivity index (χ2n) is 5.28. The van der Waals surface area contributed by atoms with Crippen LogP contribution < -0.4 is 15.9 Å². The Morgan fingerprint density at radius 1 is 1.32 bits per heavy atom. The molecule has 116 valence electrons. The topological polar surface area (TPSA) is 50.2 Å². The SMILES string of the molecule is CN1CCCn2c1cc(NCc1cccc(F)c1F)nc2=O. The van der Waals surface area contributed by atoms with Crippen LogP contribution in [0, 0.1) is 11.6 Å². The molecule has 3 rings (SSSR count). The molecule has 5 nitrogen and oxygen atoms in total. The van der Waals surface area contributed by atoms with Gasteiger partial charge in [0.25, 0.3) is 0 Å². The Morgan fingerprint density at radius 2 is 2.14 bits per heavy atom. The van der Waals surface area contributed by atoms with E-state index < -0.39 is 11.6 Å². The molecule has 1 aliphatic heterocycles. The van der Waals surface area contributed by atoms with Gasteiger partial charge >= 0.3 is 5.69 Å². The van der Waals surface area contributed by atoms with Gasteiger partial charge in [0.2, 0.25) is 0 Å². The van der Waals surface area contributed by atoms with E-state index in [1.165, 1.54) is 12.1 Å². The lowest BCUT2D eigenvalue weighted by atomic mass is 10.2. The van der Waals surface area contributed by atoms with Crippen molar-refractivity contribution in [3.63, 3.8) is 0 Å². The van der Waals surface area contributed by atoms with Gasteiger partial charge in [-0.2, -0.15) is 4.98 Å². The molecule has 0 amide bonds. The number of nitrogens with zero attached hydrogens (tertiary/aromatic N) is 3. The van der Waals surface area contributed by atoms with Crippen molar-refractivity contribution in [2.75, 3.05) is 23.8 Å². The summed E-state index contributed by atoms with van der Waals surface area (Å²) in [6.07, 6.45) is 0.895. The molecule has 0 fully saturated rings. The fourth-order valence-corrected chi connectivity index (χ4v) is 2.56. The van der Waals surface area contributed by atoms with Crippen LogP contribution in [-0.2, 0) is 13.1 Å². The van der Waals surface area contributed by atoms with Crippen molar-refractivity contribution in [1.82, 2.24) is 9.55 Å². The molecule has 22 heavy (non-hydrogen) atoms. The van der Waals surface area contributed by atoms with Gasteiger partial charge in [0, 0.05) is 38.3 Å². The van der Waals surface area contributed by atoms with E-state index in [9.17, 15) is 13.6 Å². The molecule has 0 saturated heterocycles. The van der Waals surface area contributed by atoms with E-state index in [0.29, 0.717) is 12.4 Å². The summed E-state index contributed by atoms with van der Waals surface area (Å²) in [7, 11) is 1.90. The van der Waals surface area contributed by atoms with E-state index in [0.717, 1.165) is 24.8 Å². The first-order chi connectivity index (χ1) is 10.6. The van der Waals surface area contributed by atoms with Crippen molar-refractivity contribution in [3.05, 3.63) is 51.9 Å². The van der Waals surface area contributed by atoms with Crippen LogP contribution in [0.25, 0.3) is 0 Å². The minimum Gasteiger partial charge on any atom is -0.366 e. The third kappa shape index (κ3) is 2.66. The van der Waals surface area contributed by atoms with E-state index in [1.54, 1.807) is 10.6 Å². The highest BCUT2D eigenvalue weighted by Crippen LogP contribution is 2.20. The van der Waals surface area contributed by atoms with Gasteiger partial charge in [-0.3, -0.25) is 4.57 Å². The van der Waals surface area contributed by atoms with Gasteiger partial charge in [-0.15, -0.1) is 0 Å². The van der Waals surface area contributed by atoms with Crippen molar-refractivity contribution >= 4 is 11.6 Å². The number of aromatic nitrogens is 2. The molecule has 0 unspecified atom stereocenters. The Morgan fingerprint density at radius 3 is 2.95 bits per heavy atom. The molecule has 1 N–H and O–H groups in total. The molecule has 0 saturated carbocycles. The molecule has 0 atom stereocenters.